The second kappa shape index (κ2) is 7.79. The van der Waals surface area contributed by atoms with Crippen LogP contribution in [0.2, 0.25) is 0 Å². The Hall–Kier alpha value is -3.24. The van der Waals surface area contributed by atoms with Gasteiger partial charge in [0.15, 0.2) is 17.3 Å². The Kier molecular flexibility index (Phi) is 5.43. The zero-order chi connectivity index (χ0) is 20.4. The van der Waals surface area contributed by atoms with E-state index in [9.17, 15) is 18.7 Å². The third kappa shape index (κ3) is 3.47. The van der Waals surface area contributed by atoms with Gasteiger partial charge in [0.05, 0.1) is 21.3 Å². The summed E-state index contributed by atoms with van der Waals surface area (Å²) in [6.07, 6.45) is 0. The van der Waals surface area contributed by atoms with Gasteiger partial charge in [-0.1, -0.05) is 0 Å². The molecule has 1 N–H and O–H groups in total. The second-order valence-corrected chi connectivity index (χ2v) is 6.04. The Morgan fingerprint density at radius 2 is 1.75 bits per heavy atom. The van der Waals surface area contributed by atoms with Gasteiger partial charge in [-0.3, -0.25) is 4.79 Å². The summed E-state index contributed by atoms with van der Waals surface area (Å²) in [5.74, 6) is -0.228. The molecule has 3 aromatic rings. The minimum atomic E-state index is -3.05. The predicted octanol–water partition coefficient (Wildman–Crippen LogP) is 2.36. The number of methoxy groups -OCH3 is 3. The van der Waals surface area contributed by atoms with Gasteiger partial charge in [-0.2, -0.15) is 0 Å². The molecule has 0 spiro atoms. The summed E-state index contributed by atoms with van der Waals surface area (Å²) in [5, 5.41) is 9.90. The van der Waals surface area contributed by atoms with Crippen molar-refractivity contribution in [2.45, 2.75) is 0 Å². The van der Waals surface area contributed by atoms with E-state index >= 15 is 0 Å². The predicted molar refractivity (Wildman–Crippen MR) is 98.8 cm³/mol. The van der Waals surface area contributed by atoms with Crippen molar-refractivity contribution >= 4 is 22.3 Å². The van der Waals surface area contributed by atoms with E-state index in [1.807, 2.05) is 0 Å². The lowest BCUT2D eigenvalue weighted by molar-refractivity contribution is 0.355. The van der Waals surface area contributed by atoms with Crippen molar-refractivity contribution in [3.8, 4) is 40.1 Å². The number of benzene rings is 2. The molecule has 0 saturated carbocycles. The first-order valence-electron chi connectivity index (χ1n) is 7.77. The number of aromatic hydroxyl groups is 1. The Morgan fingerprint density at radius 3 is 2.36 bits per heavy atom. The molecule has 0 aliphatic rings. The number of ether oxygens (including phenoxy) is 3. The summed E-state index contributed by atoms with van der Waals surface area (Å²) in [4.78, 5) is 12.8. The first kappa shape index (κ1) is 19.5. The third-order valence-corrected chi connectivity index (χ3v) is 4.24. The molecule has 1 atom stereocenters. The highest BCUT2D eigenvalue weighted by Crippen LogP contribution is 2.39. The zero-order valence-corrected chi connectivity index (χ0v) is 15.8. The molecule has 148 valence electrons. The van der Waals surface area contributed by atoms with E-state index in [1.54, 1.807) is 6.07 Å². The van der Waals surface area contributed by atoms with Crippen LogP contribution in [0.1, 0.15) is 0 Å². The van der Waals surface area contributed by atoms with Crippen molar-refractivity contribution in [1.82, 2.24) is 0 Å². The fraction of sp³-hybridized carbons (Fsp3) is 0.167. The van der Waals surface area contributed by atoms with Gasteiger partial charge < -0.3 is 32.5 Å². The standard InChI is InChI=1S/C18H16O9S/c1-23-10-7-11(19)15-14(8-10)26-17(18(16(15)20)27-28(21)22)9-4-5-12(24-2)13(6-9)25-3/h4-8,19H,1-3H3,(H,21,22)/p-1. The smallest absolute Gasteiger partial charge is 0.240 e. The first-order chi connectivity index (χ1) is 13.4. The molecule has 3 rings (SSSR count). The van der Waals surface area contributed by atoms with Gasteiger partial charge in [0.2, 0.25) is 11.2 Å². The van der Waals surface area contributed by atoms with Crippen molar-refractivity contribution in [3.05, 3.63) is 40.6 Å². The highest BCUT2D eigenvalue weighted by atomic mass is 32.2. The molecule has 0 saturated heterocycles. The molecule has 1 heterocycles. The number of phenolic OH excluding ortho intramolecular Hbond substituents is 1. The summed E-state index contributed by atoms with van der Waals surface area (Å²) in [7, 11) is 4.26. The molecule has 10 heteroatoms. The minimum Gasteiger partial charge on any atom is -0.740 e. The highest BCUT2D eigenvalue weighted by Gasteiger charge is 2.22. The zero-order valence-electron chi connectivity index (χ0n) is 15.0. The van der Waals surface area contributed by atoms with E-state index in [4.69, 9.17) is 18.6 Å². The van der Waals surface area contributed by atoms with Crippen LogP contribution in [0.5, 0.6) is 28.7 Å². The lowest BCUT2D eigenvalue weighted by Gasteiger charge is -2.14. The van der Waals surface area contributed by atoms with Gasteiger partial charge in [0.25, 0.3) is 0 Å². The summed E-state index contributed by atoms with van der Waals surface area (Å²) in [5.41, 5.74) is -0.592. The third-order valence-electron chi connectivity index (χ3n) is 3.94. The average Bonchev–Trinajstić information content (AvgIpc) is 2.68. The monoisotopic (exact) mass is 407 g/mol. The van der Waals surface area contributed by atoms with Crippen molar-refractivity contribution < 1.29 is 36.7 Å². The maximum absolute atomic E-state index is 12.8. The molecule has 9 nitrogen and oxygen atoms in total. The van der Waals surface area contributed by atoms with Gasteiger partial charge >= 0.3 is 0 Å². The minimum absolute atomic E-state index is 0.0179. The molecule has 2 aromatic carbocycles. The molecule has 1 aromatic heterocycles. The lowest BCUT2D eigenvalue weighted by Crippen LogP contribution is -2.12. The van der Waals surface area contributed by atoms with E-state index < -0.39 is 28.3 Å². The summed E-state index contributed by atoms with van der Waals surface area (Å²) < 4.78 is 48.1. The fourth-order valence-electron chi connectivity index (χ4n) is 2.69. The summed E-state index contributed by atoms with van der Waals surface area (Å²) >= 11 is -3.05. The number of hydrogen-bond acceptors (Lipinski definition) is 9. The van der Waals surface area contributed by atoms with Crippen LogP contribution in [0.4, 0.5) is 0 Å². The van der Waals surface area contributed by atoms with Crippen molar-refractivity contribution in [2.75, 3.05) is 21.3 Å². The number of hydrogen-bond donors (Lipinski definition) is 1. The second-order valence-electron chi connectivity index (χ2n) is 5.47. The molecule has 0 aliphatic heterocycles. The van der Waals surface area contributed by atoms with Crippen molar-refractivity contribution in [3.63, 3.8) is 0 Å². The van der Waals surface area contributed by atoms with Crippen LogP contribution in [0.15, 0.2) is 39.5 Å². The summed E-state index contributed by atoms with van der Waals surface area (Å²) in [6.45, 7) is 0. The maximum atomic E-state index is 12.8. The quantitative estimate of drug-likeness (QED) is 0.612. The van der Waals surface area contributed by atoms with Crippen LogP contribution < -0.4 is 23.8 Å². The van der Waals surface area contributed by atoms with E-state index in [1.165, 1.54) is 45.6 Å². The van der Waals surface area contributed by atoms with E-state index in [2.05, 4.69) is 4.18 Å². The Balaban J connectivity index is 2.37. The van der Waals surface area contributed by atoms with Crippen molar-refractivity contribution in [2.24, 2.45) is 0 Å². The van der Waals surface area contributed by atoms with Gasteiger partial charge in [0.1, 0.15) is 33.8 Å². The molecule has 0 amide bonds. The fourth-order valence-corrected chi connectivity index (χ4v) is 2.97. The average molecular weight is 407 g/mol. The SMILES string of the molecule is COc1cc(O)c2c(=O)c(OS(=O)[O-])c(-c3ccc(OC)c(OC)c3)oc2c1. The molecule has 0 aliphatic carbocycles. The molecule has 0 fully saturated rings. The molecule has 0 radical (unpaired) electrons. The van der Waals surface area contributed by atoms with Crippen molar-refractivity contribution in [1.29, 1.82) is 0 Å². The largest absolute Gasteiger partial charge is 0.740 e. The molecule has 0 bridgehead atoms. The Labute approximate surface area is 161 Å². The van der Waals surface area contributed by atoms with Crippen LogP contribution in [0, 0.1) is 0 Å². The van der Waals surface area contributed by atoms with Gasteiger partial charge in [0, 0.05) is 17.7 Å². The molecular formula is C18H15O9S-. The first-order valence-corrected chi connectivity index (χ1v) is 8.77. The van der Waals surface area contributed by atoms with E-state index in [0.717, 1.165) is 0 Å². The van der Waals surface area contributed by atoms with Gasteiger partial charge in [-0.25, -0.2) is 4.21 Å². The number of phenols is 1. The number of rotatable bonds is 6. The van der Waals surface area contributed by atoms with Crippen LogP contribution in [-0.4, -0.2) is 35.2 Å². The molecule has 28 heavy (non-hydrogen) atoms. The van der Waals surface area contributed by atoms with Gasteiger partial charge in [-0.05, 0) is 18.2 Å². The van der Waals surface area contributed by atoms with Crippen LogP contribution >= 0.6 is 0 Å². The lowest BCUT2D eigenvalue weighted by atomic mass is 10.1. The summed E-state index contributed by atoms with van der Waals surface area (Å²) in [6, 6.07) is 7.17. The Morgan fingerprint density at radius 1 is 1.04 bits per heavy atom. The molecule has 1 unspecified atom stereocenters. The number of fused-ring (bicyclic) bond motifs is 1. The van der Waals surface area contributed by atoms with Crippen LogP contribution in [0.3, 0.4) is 0 Å². The van der Waals surface area contributed by atoms with Crippen LogP contribution in [-0.2, 0) is 11.4 Å². The van der Waals surface area contributed by atoms with E-state index in [0.29, 0.717) is 17.1 Å². The molecular weight excluding hydrogens is 392 g/mol. The van der Waals surface area contributed by atoms with E-state index in [-0.39, 0.29) is 22.5 Å². The normalized spacial score (nSPS) is 11.9. The van der Waals surface area contributed by atoms with Crippen LogP contribution in [0.25, 0.3) is 22.3 Å². The topological polar surface area (TPSA) is 127 Å². The maximum Gasteiger partial charge on any atom is 0.240 e. The Bertz CT molecular complexity index is 1120. The van der Waals surface area contributed by atoms with Gasteiger partial charge in [-0.15, -0.1) is 0 Å². The highest BCUT2D eigenvalue weighted by molar-refractivity contribution is 7.74.